The molecule has 0 aliphatic rings. The summed E-state index contributed by atoms with van der Waals surface area (Å²) >= 11 is 0. The number of nitrogens with one attached hydrogen (secondary N) is 2. The summed E-state index contributed by atoms with van der Waals surface area (Å²) in [5.74, 6) is 1.64. The minimum absolute atomic E-state index is 0.660. The standard InChI is InChI=1S/C17H22N4O/c1-18-17(20-12-10-15-8-5-6-11-19-15)21-13-14-7-3-4-9-16(14)22-2/h3-9,11H,10,12-13H2,1-2H3,(H2,18,20,21). The van der Waals surface area contributed by atoms with E-state index in [0.29, 0.717) is 6.54 Å². The van der Waals surface area contributed by atoms with Crippen molar-refractivity contribution in [3.05, 3.63) is 59.9 Å². The molecule has 5 nitrogen and oxygen atoms in total. The minimum atomic E-state index is 0.660. The lowest BCUT2D eigenvalue weighted by molar-refractivity contribution is 0.409. The molecule has 1 aromatic heterocycles. The molecule has 0 atom stereocenters. The van der Waals surface area contributed by atoms with Gasteiger partial charge in [0, 0.05) is 44.0 Å². The third-order valence-electron chi connectivity index (χ3n) is 3.26. The average Bonchev–Trinajstić information content (AvgIpc) is 2.59. The van der Waals surface area contributed by atoms with Crippen LogP contribution >= 0.6 is 0 Å². The maximum Gasteiger partial charge on any atom is 0.191 e. The van der Waals surface area contributed by atoms with Crippen LogP contribution in [0.4, 0.5) is 0 Å². The van der Waals surface area contributed by atoms with Gasteiger partial charge >= 0.3 is 0 Å². The van der Waals surface area contributed by atoms with Crippen molar-refractivity contribution in [1.82, 2.24) is 15.6 Å². The molecule has 0 aliphatic carbocycles. The normalized spacial score (nSPS) is 11.1. The van der Waals surface area contributed by atoms with Gasteiger partial charge in [-0.2, -0.15) is 0 Å². The summed E-state index contributed by atoms with van der Waals surface area (Å²) in [6, 6.07) is 13.9. The predicted molar refractivity (Wildman–Crippen MR) is 89.1 cm³/mol. The topological polar surface area (TPSA) is 58.5 Å². The van der Waals surface area contributed by atoms with Gasteiger partial charge in [-0.05, 0) is 18.2 Å². The van der Waals surface area contributed by atoms with Gasteiger partial charge in [-0.3, -0.25) is 9.98 Å². The predicted octanol–water partition coefficient (Wildman–Crippen LogP) is 2.00. The maximum absolute atomic E-state index is 5.34. The number of benzene rings is 1. The van der Waals surface area contributed by atoms with E-state index >= 15 is 0 Å². The van der Waals surface area contributed by atoms with E-state index in [-0.39, 0.29) is 0 Å². The van der Waals surface area contributed by atoms with E-state index in [2.05, 4.69) is 20.6 Å². The first kappa shape index (κ1) is 15.8. The van der Waals surface area contributed by atoms with Gasteiger partial charge in [0.2, 0.25) is 0 Å². The lowest BCUT2D eigenvalue weighted by Crippen LogP contribution is -2.38. The summed E-state index contributed by atoms with van der Waals surface area (Å²) in [6.45, 7) is 1.44. The number of methoxy groups -OCH3 is 1. The molecule has 1 aromatic carbocycles. The number of aliphatic imine (C=N–C) groups is 1. The van der Waals surface area contributed by atoms with Crippen molar-refractivity contribution in [3.8, 4) is 5.75 Å². The molecule has 0 amide bonds. The Hall–Kier alpha value is -2.56. The molecule has 1 heterocycles. The summed E-state index contributed by atoms with van der Waals surface area (Å²) in [5.41, 5.74) is 2.16. The molecule has 0 unspecified atom stereocenters. The SMILES string of the molecule is CN=C(NCCc1ccccn1)NCc1ccccc1OC. The Morgan fingerprint density at radius 1 is 1.14 bits per heavy atom. The summed E-state index contributed by atoms with van der Waals surface area (Å²) in [5, 5.41) is 6.57. The quantitative estimate of drug-likeness (QED) is 0.632. The second kappa shape index (κ2) is 8.67. The Balaban J connectivity index is 1.80. The van der Waals surface area contributed by atoms with Gasteiger partial charge < -0.3 is 15.4 Å². The van der Waals surface area contributed by atoms with Crippen molar-refractivity contribution in [2.45, 2.75) is 13.0 Å². The zero-order valence-electron chi connectivity index (χ0n) is 13.0. The van der Waals surface area contributed by atoms with Gasteiger partial charge in [0.05, 0.1) is 7.11 Å². The Morgan fingerprint density at radius 3 is 2.68 bits per heavy atom. The third kappa shape index (κ3) is 4.77. The lowest BCUT2D eigenvalue weighted by atomic mass is 10.2. The molecule has 0 aliphatic heterocycles. The highest BCUT2D eigenvalue weighted by atomic mass is 16.5. The Bertz CT molecular complexity index is 599. The number of aromatic nitrogens is 1. The molecule has 0 saturated carbocycles. The van der Waals surface area contributed by atoms with E-state index in [9.17, 15) is 0 Å². The molecule has 2 rings (SSSR count). The van der Waals surface area contributed by atoms with Crippen LogP contribution in [0.1, 0.15) is 11.3 Å². The Morgan fingerprint density at radius 2 is 1.95 bits per heavy atom. The maximum atomic E-state index is 5.34. The van der Waals surface area contributed by atoms with Gasteiger partial charge in [0.15, 0.2) is 5.96 Å². The number of nitrogens with zero attached hydrogens (tertiary/aromatic N) is 2. The molecule has 0 radical (unpaired) electrons. The number of rotatable bonds is 6. The van der Waals surface area contributed by atoms with Gasteiger partial charge in [-0.15, -0.1) is 0 Å². The van der Waals surface area contributed by atoms with Crippen LogP contribution < -0.4 is 15.4 Å². The highest BCUT2D eigenvalue weighted by Crippen LogP contribution is 2.16. The van der Waals surface area contributed by atoms with E-state index in [1.165, 1.54) is 0 Å². The van der Waals surface area contributed by atoms with E-state index in [4.69, 9.17) is 4.74 Å². The number of pyridine rings is 1. The zero-order chi connectivity index (χ0) is 15.6. The molecule has 0 bridgehead atoms. The van der Waals surface area contributed by atoms with Crippen LogP contribution in [0.2, 0.25) is 0 Å². The first-order valence-corrected chi connectivity index (χ1v) is 7.30. The summed E-state index contributed by atoms with van der Waals surface area (Å²) in [7, 11) is 3.44. The van der Waals surface area contributed by atoms with Crippen molar-refractivity contribution in [2.75, 3.05) is 20.7 Å². The average molecular weight is 298 g/mol. The smallest absolute Gasteiger partial charge is 0.191 e. The summed E-state index contributed by atoms with van der Waals surface area (Å²) in [4.78, 5) is 8.52. The molecule has 2 aromatic rings. The van der Waals surface area contributed by atoms with Gasteiger partial charge in [-0.25, -0.2) is 0 Å². The lowest BCUT2D eigenvalue weighted by Gasteiger charge is -2.13. The van der Waals surface area contributed by atoms with Crippen molar-refractivity contribution >= 4 is 5.96 Å². The van der Waals surface area contributed by atoms with Crippen LogP contribution in [0.3, 0.4) is 0 Å². The first-order chi connectivity index (χ1) is 10.8. The van der Waals surface area contributed by atoms with Crippen LogP contribution in [0.5, 0.6) is 5.75 Å². The highest BCUT2D eigenvalue weighted by Gasteiger charge is 2.03. The fraction of sp³-hybridized carbons (Fsp3) is 0.294. The number of hydrogen-bond acceptors (Lipinski definition) is 3. The summed E-state index contributed by atoms with van der Waals surface area (Å²) < 4.78 is 5.34. The number of guanidine groups is 1. The van der Waals surface area contributed by atoms with Gasteiger partial charge in [-0.1, -0.05) is 24.3 Å². The van der Waals surface area contributed by atoms with Gasteiger partial charge in [0.25, 0.3) is 0 Å². The van der Waals surface area contributed by atoms with Gasteiger partial charge in [0.1, 0.15) is 5.75 Å². The van der Waals surface area contributed by atoms with Crippen LogP contribution in [0, 0.1) is 0 Å². The third-order valence-corrected chi connectivity index (χ3v) is 3.26. The molecule has 0 saturated heterocycles. The Labute approximate surface area is 131 Å². The molecule has 2 N–H and O–H groups in total. The van der Waals surface area contributed by atoms with Crippen molar-refractivity contribution in [2.24, 2.45) is 4.99 Å². The minimum Gasteiger partial charge on any atom is -0.496 e. The van der Waals surface area contributed by atoms with E-state index in [0.717, 1.165) is 35.9 Å². The Kier molecular flexibility index (Phi) is 6.23. The molecule has 0 fully saturated rings. The second-order valence-corrected chi connectivity index (χ2v) is 4.74. The number of ether oxygens (including phenoxy) is 1. The van der Waals surface area contributed by atoms with Crippen molar-refractivity contribution in [3.63, 3.8) is 0 Å². The molecule has 0 spiro atoms. The van der Waals surface area contributed by atoms with E-state index in [1.54, 1.807) is 14.2 Å². The fourth-order valence-electron chi connectivity index (χ4n) is 2.10. The van der Waals surface area contributed by atoms with E-state index in [1.807, 2.05) is 48.7 Å². The van der Waals surface area contributed by atoms with Crippen LogP contribution in [0.25, 0.3) is 0 Å². The number of para-hydroxylation sites is 1. The second-order valence-electron chi connectivity index (χ2n) is 4.74. The molecule has 5 heteroatoms. The van der Waals surface area contributed by atoms with Crippen molar-refractivity contribution in [1.29, 1.82) is 0 Å². The first-order valence-electron chi connectivity index (χ1n) is 7.30. The molecular formula is C17H22N4O. The zero-order valence-corrected chi connectivity index (χ0v) is 13.0. The molecular weight excluding hydrogens is 276 g/mol. The van der Waals surface area contributed by atoms with E-state index < -0.39 is 0 Å². The van der Waals surface area contributed by atoms with Crippen LogP contribution in [-0.2, 0) is 13.0 Å². The monoisotopic (exact) mass is 298 g/mol. The van der Waals surface area contributed by atoms with Crippen molar-refractivity contribution < 1.29 is 4.74 Å². The number of hydrogen-bond donors (Lipinski definition) is 2. The molecule has 22 heavy (non-hydrogen) atoms. The van der Waals surface area contributed by atoms with Crippen LogP contribution in [-0.4, -0.2) is 31.6 Å². The fourth-order valence-corrected chi connectivity index (χ4v) is 2.10. The summed E-state index contributed by atoms with van der Waals surface area (Å²) in [6.07, 6.45) is 2.67. The molecule has 116 valence electrons. The van der Waals surface area contributed by atoms with Crippen LogP contribution in [0.15, 0.2) is 53.7 Å². The highest BCUT2D eigenvalue weighted by molar-refractivity contribution is 5.79. The largest absolute Gasteiger partial charge is 0.496 e.